The molecule has 3 rings (SSSR count). The van der Waals surface area contributed by atoms with Gasteiger partial charge in [-0.3, -0.25) is 9.89 Å². The topological polar surface area (TPSA) is 56.9 Å². The first-order chi connectivity index (χ1) is 12.6. The number of benzene rings is 1. The number of rotatable bonds is 5. The van der Waals surface area contributed by atoms with Gasteiger partial charge in [-0.15, -0.1) is 0 Å². The van der Waals surface area contributed by atoms with Crippen molar-refractivity contribution in [2.75, 3.05) is 39.8 Å². The summed E-state index contributed by atoms with van der Waals surface area (Å²) < 4.78 is 31.3. The summed E-state index contributed by atoms with van der Waals surface area (Å²) in [5, 5.41) is 7.21. The molecule has 0 radical (unpaired) electrons. The molecule has 140 valence electrons. The smallest absolute Gasteiger partial charge is 0.193 e. The maximum absolute atomic E-state index is 13.2. The Morgan fingerprint density at radius 1 is 1.19 bits per heavy atom. The molecule has 1 aromatic carbocycles. The number of nitrogens with zero attached hydrogens (tertiary/aromatic N) is 4. The maximum atomic E-state index is 13.2. The van der Waals surface area contributed by atoms with Gasteiger partial charge < -0.3 is 14.7 Å². The largest absolute Gasteiger partial charge is 0.364 e. The first kappa shape index (κ1) is 18.3. The number of guanidine groups is 1. The van der Waals surface area contributed by atoms with E-state index in [0.29, 0.717) is 18.5 Å². The molecular weight excluding hydrogens is 340 g/mol. The molecule has 6 nitrogen and oxygen atoms in total. The van der Waals surface area contributed by atoms with Gasteiger partial charge in [-0.1, -0.05) is 5.16 Å². The second-order valence-electron chi connectivity index (χ2n) is 6.26. The zero-order valence-electron chi connectivity index (χ0n) is 14.8. The number of aromatic nitrogens is 1. The molecule has 0 spiro atoms. The van der Waals surface area contributed by atoms with Gasteiger partial charge in [-0.25, -0.2) is 8.78 Å². The molecular formula is C18H23F2N5O. The first-order valence-electron chi connectivity index (χ1n) is 8.66. The minimum absolute atomic E-state index is 0.528. The normalized spacial score (nSPS) is 16.1. The molecule has 8 heteroatoms. The molecule has 0 bridgehead atoms. The lowest BCUT2D eigenvalue weighted by Gasteiger charge is -2.36. The van der Waals surface area contributed by atoms with Crippen LogP contribution < -0.4 is 5.32 Å². The van der Waals surface area contributed by atoms with Crippen LogP contribution in [0.25, 0.3) is 0 Å². The highest BCUT2D eigenvalue weighted by Gasteiger charge is 2.20. The van der Waals surface area contributed by atoms with Gasteiger partial charge in [0.1, 0.15) is 17.9 Å². The third kappa shape index (κ3) is 5.01. The molecule has 2 aromatic rings. The molecule has 1 saturated heterocycles. The second-order valence-corrected chi connectivity index (χ2v) is 6.26. The van der Waals surface area contributed by atoms with E-state index in [0.717, 1.165) is 50.4 Å². The average molecular weight is 363 g/mol. The van der Waals surface area contributed by atoms with Crippen molar-refractivity contribution in [3.05, 3.63) is 53.4 Å². The van der Waals surface area contributed by atoms with Crippen molar-refractivity contribution in [3.8, 4) is 0 Å². The van der Waals surface area contributed by atoms with Crippen LogP contribution in [0.15, 0.2) is 40.0 Å². The Morgan fingerprint density at radius 3 is 2.54 bits per heavy atom. The SMILES string of the molecule is CN=C(NCCc1cc(F)cc(F)c1)N1CCN(Cc2ccon2)CC1. The standard InChI is InChI=1S/C18H23F2N5O/c1-21-18(22-4-2-14-10-15(19)12-16(20)11-14)25-7-5-24(6-8-25)13-17-3-9-26-23-17/h3,9-12H,2,4-8,13H2,1H3,(H,21,22). The Bertz CT molecular complexity index is 707. The molecule has 0 amide bonds. The van der Waals surface area contributed by atoms with E-state index >= 15 is 0 Å². The lowest BCUT2D eigenvalue weighted by atomic mass is 10.1. The minimum atomic E-state index is -0.549. The van der Waals surface area contributed by atoms with Crippen LogP contribution in [-0.2, 0) is 13.0 Å². The van der Waals surface area contributed by atoms with E-state index in [4.69, 9.17) is 4.52 Å². The van der Waals surface area contributed by atoms with E-state index in [2.05, 4.69) is 25.3 Å². The summed E-state index contributed by atoms with van der Waals surface area (Å²) in [6, 6.07) is 5.48. The second kappa shape index (κ2) is 8.75. The van der Waals surface area contributed by atoms with E-state index in [1.54, 1.807) is 13.3 Å². The predicted molar refractivity (Wildman–Crippen MR) is 94.8 cm³/mol. The van der Waals surface area contributed by atoms with Gasteiger partial charge in [0.25, 0.3) is 0 Å². The Hall–Kier alpha value is -2.48. The molecule has 1 aromatic heterocycles. The van der Waals surface area contributed by atoms with Gasteiger partial charge in [-0.2, -0.15) is 0 Å². The maximum Gasteiger partial charge on any atom is 0.193 e. The average Bonchev–Trinajstić information content (AvgIpc) is 3.12. The van der Waals surface area contributed by atoms with Crippen LogP contribution in [0.1, 0.15) is 11.3 Å². The van der Waals surface area contributed by atoms with Crippen molar-refractivity contribution in [2.45, 2.75) is 13.0 Å². The van der Waals surface area contributed by atoms with E-state index < -0.39 is 11.6 Å². The lowest BCUT2D eigenvalue weighted by molar-refractivity contribution is 0.169. The van der Waals surface area contributed by atoms with Gasteiger partial charge in [0.2, 0.25) is 0 Å². The Labute approximate surface area is 151 Å². The molecule has 0 aliphatic carbocycles. The van der Waals surface area contributed by atoms with Crippen LogP contribution in [0.3, 0.4) is 0 Å². The number of hydrogen-bond donors (Lipinski definition) is 1. The summed E-state index contributed by atoms with van der Waals surface area (Å²) in [5.41, 5.74) is 1.56. The zero-order valence-corrected chi connectivity index (χ0v) is 14.8. The Balaban J connectivity index is 1.44. The summed E-state index contributed by atoms with van der Waals surface area (Å²) >= 11 is 0. The van der Waals surface area contributed by atoms with E-state index in [1.165, 1.54) is 12.1 Å². The highest BCUT2D eigenvalue weighted by molar-refractivity contribution is 5.80. The van der Waals surface area contributed by atoms with Gasteiger partial charge >= 0.3 is 0 Å². The van der Waals surface area contributed by atoms with Crippen molar-refractivity contribution in [3.63, 3.8) is 0 Å². The molecule has 2 heterocycles. The molecule has 0 atom stereocenters. The van der Waals surface area contributed by atoms with Gasteiger partial charge in [-0.05, 0) is 24.1 Å². The van der Waals surface area contributed by atoms with E-state index in [-0.39, 0.29) is 0 Å². The number of nitrogens with one attached hydrogen (secondary N) is 1. The van der Waals surface area contributed by atoms with Gasteiger partial charge in [0.05, 0.1) is 5.69 Å². The fourth-order valence-electron chi connectivity index (χ4n) is 3.07. The summed E-state index contributed by atoms with van der Waals surface area (Å²) in [7, 11) is 1.74. The van der Waals surface area contributed by atoms with Crippen LogP contribution in [0.4, 0.5) is 8.78 Å². The Morgan fingerprint density at radius 2 is 1.92 bits per heavy atom. The summed E-state index contributed by atoms with van der Waals surface area (Å²) in [6.45, 7) is 4.86. The zero-order chi connectivity index (χ0) is 18.4. The Kier molecular flexibility index (Phi) is 6.17. The van der Waals surface area contributed by atoms with Gasteiger partial charge in [0.15, 0.2) is 5.96 Å². The van der Waals surface area contributed by atoms with Crippen LogP contribution >= 0.6 is 0 Å². The lowest BCUT2D eigenvalue weighted by Crippen LogP contribution is -2.52. The number of piperazine rings is 1. The van der Waals surface area contributed by atoms with Gasteiger partial charge in [0, 0.05) is 58.4 Å². The van der Waals surface area contributed by atoms with E-state index in [1.807, 2.05) is 6.07 Å². The van der Waals surface area contributed by atoms with Crippen LogP contribution in [0.5, 0.6) is 0 Å². The molecule has 0 saturated carbocycles. The molecule has 1 fully saturated rings. The molecule has 0 unspecified atom stereocenters. The molecule has 1 aliphatic rings. The minimum Gasteiger partial charge on any atom is -0.364 e. The van der Waals surface area contributed by atoms with Crippen molar-refractivity contribution in [2.24, 2.45) is 4.99 Å². The first-order valence-corrected chi connectivity index (χ1v) is 8.66. The van der Waals surface area contributed by atoms with Crippen molar-refractivity contribution < 1.29 is 13.3 Å². The van der Waals surface area contributed by atoms with Crippen LogP contribution in [0, 0.1) is 11.6 Å². The van der Waals surface area contributed by atoms with Crippen molar-refractivity contribution in [1.82, 2.24) is 20.3 Å². The summed E-state index contributed by atoms with van der Waals surface area (Å²) in [5.74, 6) is -0.289. The molecule has 1 N–H and O–H groups in total. The third-order valence-corrected chi connectivity index (χ3v) is 4.38. The predicted octanol–water partition coefficient (Wildman–Crippen LogP) is 1.89. The fourth-order valence-corrected chi connectivity index (χ4v) is 3.07. The highest BCUT2D eigenvalue weighted by Crippen LogP contribution is 2.09. The summed E-state index contributed by atoms with van der Waals surface area (Å²) in [6.07, 6.45) is 2.11. The monoisotopic (exact) mass is 363 g/mol. The third-order valence-electron chi connectivity index (χ3n) is 4.38. The highest BCUT2D eigenvalue weighted by atomic mass is 19.1. The number of halogens is 2. The quantitative estimate of drug-likeness (QED) is 0.649. The van der Waals surface area contributed by atoms with E-state index in [9.17, 15) is 8.78 Å². The van der Waals surface area contributed by atoms with Crippen LogP contribution in [0.2, 0.25) is 0 Å². The fraction of sp³-hybridized carbons (Fsp3) is 0.444. The number of aliphatic imine (C=N–C) groups is 1. The molecule has 1 aliphatic heterocycles. The summed E-state index contributed by atoms with van der Waals surface area (Å²) in [4.78, 5) is 8.82. The molecule has 26 heavy (non-hydrogen) atoms. The van der Waals surface area contributed by atoms with Crippen LogP contribution in [-0.4, -0.2) is 60.7 Å². The number of hydrogen-bond acceptors (Lipinski definition) is 4. The van der Waals surface area contributed by atoms with Crippen molar-refractivity contribution >= 4 is 5.96 Å². The van der Waals surface area contributed by atoms with Crippen molar-refractivity contribution in [1.29, 1.82) is 0 Å².